The van der Waals surface area contributed by atoms with Gasteiger partial charge < -0.3 is 15.8 Å². The van der Waals surface area contributed by atoms with Gasteiger partial charge in [-0.15, -0.1) is 11.8 Å². The maximum Gasteiger partial charge on any atom is 0.173 e. The van der Waals surface area contributed by atoms with E-state index in [2.05, 4.69) is 23.9 Å². The Kier molecular flexibility index (Phi) is 5.85. The Morgan fingerprint density at radius 2 is 2.17 bits per heavy atom. The van der Waals surface area contributed by atoms with Crippen LogP contribution in [0.3, 0.4) is 0 Å². The molecule has 18 heavy (non-hydrogen) atoms. The molecular formula is C13H21N3OS. The predicted octanol–water partition coefficient (Wildman–Crippen LogP) is 2.74. The van der Waals surface area contributed by atoms with Gasteiger partial charge >= 0.3 is 0 Å². The smallest absolute Gasteiger partial charge is 0.173 e. The first kappa shape index (κ1) is 14.7. The second-order valence-corrected chi connectivity index (χ2v) is 4.77. The van der Waals surface area contributed by atoms with Crippen molar-refractivity contribution >= 4 is 23.3 Å². The zero-order valence-electron chi connectivity index (χ0n) is 11.2. The maximum atomic E-state index is 8.95. The summed E-state index contributed by atoms with van der Waals surface area (Å²) >= 11 is 1.60. The van der Waals surface area contributed by atoms with Gasteiger partial charge in [0.15, 0.2) is 5.84 Å². The minimum absolute atomic E-state index is 0.171. The molecule has 0 spiro atoms. The highest BCUT2D eigenvalue weighted by molar-refractivity contribution is 7.98. The van der Waals surface area contributed by atoms with E-state index in [9.17, 15) is 0 Å². The van der Waals surface area contributed by atoms with E-state index in [-0.39, 0.29) is 5.84 Å². The van der Waals surface area contributed by atoms with E-state index in [0.29, 0.717) is 0 Å². The number of anilines is 1. The summed E-state index contributed by atoms with van der Waals surface area (Å²) < 4.78 is 0. The van der Waals surface area contributed by atoms with Crippen molar-refractivity contribution in [2.45, 2.75) is 25.2 Å². The van der Waals surface area contributed by atoms with E-state index in [1.165, 1.54) is 0 Å². The van der Waals surface area contributed by atoms with E-state index < -0.39 is 0 Å². The lowest BCUT2D eigenvalue weighted by molar-refractivity contribution is 0.318. The fourth-order valence-electron chi connectivity index (χ4n) is 1.98. The molecule has 5 heteroatoms. The molecule has 4 nitrogen and oxygen atoms in total. The lowest BCUT2D eigenvalue weighted by atomic mass is 10.1. The minimum Gasteiger partial charge on any atom is -0.409 e. The molecule has 0 saturated carbocycles. The molecule has 3 N–H and O–H groups in total. The molecule has 0 bridgehead atoms. The van der Waals surface area contributed by atoms with Crippen LogP contribution >= 0.6 is 11.8 Å². The highest BCUT2D eigenvalue weighted by Gasteiger charge is 2.16. The molecular weight excluding hydrogens is 246 g/mol. The number of hydrogen-bond acceptors (Lipinski definition) is 4. The summed E-state index contributed by atoms with van der Waals surface area (Å²) in [5.74, 6) is 0.171. The van der Waals surface area contributed by atoms with Gasteiger partial charge in [0.05, 0.1) is 5.56 Å². The van der Waals surface area contributed by atoms with Crippen LogP contribution in [-0.2, 0) is 0 Å². The predicted molar refractivity (Wildman–Crippen MR) is 78.9 cm³/mol. The van der Waals surface area contributed by atoms with Crippen LogP contribution in [0.4, 0.5) is 5.69 Å². The molecule has 1 aromatic rings. The molecule has 0 radical (unpaired) electrons. The summed E-state index contributed by atoms with van der Waals surface area (Å²) in [6, 6.07) is 6.02. The van der Waals surface area contributed by atoms with Crippen LogP contribution in [-0.4, -0.2) is 30.4 Å². The van der Waals surface area contributed by atoms with Crippen LogP contribution in [0.15, 0.2) is 28.3 Å². The van der Waals surface area contributed by atoms with E-state index in [1.807, 2.05) is 24.5 Å². The number of thioether (sulfide) groups is 1. The fourth-order valence-corrected chi connectivity index (χ4v) is 2.61. The SMILES string of the molecule is CCCN(CC)c1cccc(SC)c1/C(N)=N/O. The van der Waals surface area contributed by atoms with E-state index >= 15 is 0 Å². The monoisotopic (exact) mass is 267 g/mol. The average molecular weight is 267 g/mol. The van der Waals surface area contributed by atoms with E-state index in [0.717, 1.165) is 35.7 Å². The summed E-state index contributed by atoms with van der Waals surface area (Å²) in [6.45, 7) is 6.11. The molecule has 0 aliphatic heterocycles. The normalized spacial score (nSPS) is 11.6. The quantitative estimate of drug-likeness (QED) is 0.273. The van der Waals surface area contributed by atoms with Crippen molar-refractivity contribution in [3.05, 3.63) is 23.8 Å². The van der Waals surface area contributed by atoms with Gasteiger partial charge in [-0.05, 0) is 31.7 Å². The Morgan fingerprint density at radius 1 is 1.44 bits per heavy atom. The lowest BCUT2D eigenvalue weighted by Gasteiger charge is -2.26. The molecule has 0 aromatic heterocycles. The zero-order valence-corrected chi connectivity index (χ0v) is 12.0. The van der Waals surface area contributed by atoms with Crippen LogP contribution in [0.25, 0.3) is 0 Å². The standard InChI is InChI=1S/C13H21N3OS/c1-4-9-16(5-2)10-7-6-8-11(18-3)12(10)13(14)15-17/h6-8,17H,4-5,9H2,1-3H3,(H2,14,15). The van der Waals surface area contributed by atoms with Gasteiger partial charge in [-0.25, -0.2) is 0 Å². The van der Waals surface area contributed by atoms with Gasteiger partial charge in [0.25, 0.3) is 0 Å². The second-order valence-electron chi connectivity index (χ2n) is 3.92. The first-order valence-electron chi connectivity index (χ1n) is 6.09. The van der Waals surface area contributed by atoms with E-state index in [1.54, 1.807) is 11.8 Å². The van der Waals surface area contributed by atoms with Crippen molar-refractivity contribution < 1.29 is 5.21 Å². The number of nitrogens with two attached hydrogens (primary N) is 1. The highest BCUT2D eigenvalue weighted by Crippen LogP contribution is 2.29. The molecule has 0 aliphatic rings. The zero-order chi connectivity index (χ0) is 13.5. The van der Waals surface area contributed by atoms with Crippen molar-refractivity contribution in [1.82, 2.24) is 0 Å². The topological polar surface area (TPSA) is 61.8 Å². The van der Waals surface area contributed by atoms with Gasteiger partial charge in [-0.3, -0.25) is 0 Å². The molecule has 0 amide bonds. The second kappa shape index (κ2) is 7.16. The number of rotatable bonds is 6. The molecule has 0 atom stereocenters. The third kappa shape index (κ3) is 3.10. The Morgan fingerprint density at radius 3 is 2.67 bits per heavy atom. The Labute approximate surface area is 113 Å². The number of nitrogens with zero attached hydrogens (tertiary/aromatic N) is 2. The first-order chi connectivity index (χ1) is 8.69. The molecule has 0 fully saturated rings. The third-order valence-corrected chi connectivity index (χ3v) is 3.58. The van der Waals surface area contributed by atoms with Gasteiger partial charge in [0.2, 0.25) is 0 Å². The summed E-state index contributed by atoms with van der Waals surface area (Å²) in [7, 11) is 0. The Balaban J connectivity index is 3.33. The Hall–Kier alpha value is -1.36. The van der Waals surface area contributed by atoms with Crippen LogP contribution in [0.1, 0.15) is 25.8 Å². The van der Waals surface area contributed by atoms with E-state index in [4.69, 9.17) is 10.9 Å². The summed E-state index contributed by atoms with van der Waals surface area (Å²) in [6.07, 6.45) is 3.05. The first-order valence-corrected chi connectivity index (χ1v) is 7.31. The number of hydrogen-bond donors (Lipinski definition) is 2. The van der Waals surface area contributed by atoms with Crippen molar-refractivity contribution in [3.8, 4) is 0 Å². The van der Waals surface area contributed by atoms with Gasteiger partial charge in [0.1, 0.15) is 0 Å². The van der Waals surface area contributed by atoms with Gasteiger partial charge in [-0.2, -0.15) is 0 Å². The molecule has 0 heterocycles. The number of oxime groups is 1. The van der Waals surface area contributed by atoms with Crippen molar-refractivity contribution in [2.75, 3.05) is 24.2 Å². The largest absolute Gasteiger partial charge is 0.409 e. The third-order valence-electron chi connectivity index (χ3n) is 2.80. The van der Waals surface area contributed by atoms with Gasteiger partial charge in [0, 0.05) is 23.7 Å². The average Bonchev–Trinajstić information content (AvgIpc) is 2.43. The number of benzene rings is 1. The lowest BCUT2D eigenvalue weighted by Crippen LogP contribution is -2.27. The molecule has 0 unspecified atom stereocenters. The molecule has 0 saturated heterocycles. The summed E-state index contributed by atoms with van der Waals surface area (Å²) in [5, 5.41) is 12.1. The molecule has 1 aromatic carbocycles. The molecule has 100 valence electrons. The van der Waals surface area contributed by atoms with Crippen molar-refractivity contribution in [1.29, 1.82) is 0 Å². The van der Waals surface area contributed by atoms with Crippen molar-refractivity contribution in [3.63, 3.8) is 0 Å². The molecule has 1 rings (SSSR count). The van der Waals surface area contributed by atoms with Crippen LogP contribution in [0, 0.1) is 0 Å². The minimum atomic E-state index is 0.171. The highest BCUT2D eigenvalue weighted by atomic mass is 32.2. The maximum absolute atomic E-state index is 8.95. The summed E-state index contributed by atoms with van der Waals surface area (Å²) in [4.78, 5) is 3.27. The Bertz CT molecular complexity index is 421. The summed E-state index contributed by atoms with van der Waals surface area (Å²) in [5.41, 5.74) is 7.67. The van der Waals surface area contributed by atoms with Crippen LogP contribution in [0.5, 0.6) is 0 Å². The molecule has 0 aliphatic carbocycles. The van der Waals surface area contributed by atoms with Gasteiger partial charge in [-0.1, -0.05) is 18.1 Å². The number of amidine groups is 1. The van der Waals surface area contributed by atoms with Crippen LogP contribution in [0.2, 0.25) is 0 Å². The van der Waals surface area contributed by atoms with Crippen molar-refractivity contribution in [2.24, 2.45) is 10.9 Å². The van der Waals surface area contributed by atoms with Crippen LogP contribution < -0.4 is 10.6 Å². The fraction of sp³-hybridized carbons (Fsp3) is 0.462.